The molecular weight excluding hydrogens is 206 g/mol. The van der Waals surface area contributed by atoms with Crippen LogP contribution in [0.25, 0.3) is 10.2 Å². The van der Waals surface area contributed by atoms with Gasteiger partial charge in [0.05, 0.1) is 15.7 Å². The van der Waals surface area contributed by atoms with Crippen LogP contribution in [0.1, 0.15) is 0 Å². The monoisotopic (exact) mass is 215 g/mol. The Bertz CT molecular complexity index is 410. The minimum atomic E-state index is -2.12. The average molecular weight is 215 g/mol. The molecule has 2 rings (SSSR count). The quantitative estimate of drug-likeness (QED) is 0.678. The van der Waals surface area contributed by atoms with Crippen LogP contribution in [-0.4, -0.2) is 19.7 Å². The summed E-state index contributed by atoms with van der Waals surface area (Å²) < 4.78 is 19.3. The third kappa shape index (κ3) is 3.52. The minimum absolute atomic E-state index is 1.10. The Balaban J connectivity index is 0.000000184. The molecule has 1 aromatic carbocycles. The van der Waals surface area contributed by atoms with E-state index in [1.807, 2.05) is 23.7 Å². The van der Waals surface area contributed by atoms with Crippen molar-refractivity contribution < 1.29 is 8.42 Å². The highest BCUT2D eigenvalue weighted by atomic mass is 32.2. The van der Waals surface area contributed by atoms with Gasteiger partial charge < -0.3 is 0 Å². The van der Waals surface area contributed by atoms with E-state index in [1.165, 1.54) is 4.70 Å². The lowest BCUT2D eigenvalue weighted by molar-refractivity contribution is 0.619. The molecule has 3 nitrogen and oxygen atoms in total. The zero-order chi connectivity index (χ0) is 9.68. The fourth-order valence-electron chi connectivity index (χ4n) is 0.803. The van der Waals surface area contributed by atoms with Crippen LogP contribution in [0.15, 0.2) is 29.8 Å². The number of fused-ring (bicyclic) bond motifs is 1. The molecule has 13 heavy (non-hydrogen) atoms. The fraction of sp³-hybridized carbons (Fsp3) is 0.125. The van der Waals surface area contributed by atoms with Crippen molar-refractivity contribution in [1.82, 2.24) is 4.98 Å². The summed E-state index contributed by atoms with van der Waals surface area (Å²) >= 11 is 1.68. The third-order valence-electron chi connectivity index (χ3n) is 1.24. The number of hydrogen-bond acceptors (Lipinski definition) is 4. The molecule has 2 aromatic rings. The van der Waals surface area contributed by atoms with Gasteiger partial charge in [-0.15, -0.1) is 11.3 Å². The normalized spacial score (nSPS) is 9.69. The first-order chi connectivity index (χ1) is 6.20. The van der Waals surface area contributed by atoms with Crippen LogP contribution in [0.5, 0.6) is 0 Å². The van der Waals surface area contributed by atoms with Crippen LogP contribution in [0, 0.1) is 0 Å². The Morgan fingerprint density at radius 2 is 1.92 bits per heavy atom. The predicted molar refractivity (Wildman–Crippen MR) is 55.9 cm³/mol. The van der Waals surface area contributed by atoms with Gasteiger partial charge in [-0.25, -0.2) is 13.4 Å². The van der Waals surface area contributed by atoms with Gasteiger partial charge >= 0.3 is 0 Å². The van der Waals surface area contributed by atoms with E-state index in [0.717, 1.165) is 11.8 Å². The van der Waals surface area contributed by atoms with Crippen LogP contribution in [0.3, 0.4) is 0 Å². The lowest BCUT2D eigenvalue weighted by Gasteiger charge is -1.80. The number of thiol groups is 1. The molecule has 1 aromatic heterocycles. The zero-order valence-corrected chi connectivity index (χ0v) is 8.72. The molecule has 0 saturated heterocycles. The molecule has 0 atom stereocenters. The topological polar surface area (TPSA) is 47.0 Å². The average Bonchev–Trinajstić information content (AvgIpc) is 2.49. The number of hydrogen-bond donors (Lipinski definition) is 1. The minimum Gasteiger partial charge on any atom is -0.245 e. The van der Waals surface area contributed by atoms with Crippen molar-refractivity contribution >= 4 is 32.3 Å². The summed E-state index contributed by atoms with van der Waals surface area (Å²) in [4.78, 5) is 4.14. The summed E-state index contributed by atoms with van der Waals surface area (Å²) in [5, 5.41) is 0. The lowest BCUT2D eigenvalue weighted by Crippen LogP contribution is -1.61. The van der Waals surface area contributed by atoms with Crippen LogP contribution in [0.2, 0.25) is 0 Å². The number of para-hydroxylation sites is 1. The molecule has 0 spiro atoms. The van der Waals surface area contributed by atoms with E-state index in [4.69, 9.17) is 8.42 Å². The van der Waals surface area contributed by atoms with Crippen molar-refractivity contribution in [1.29, 1.82) is 0 Å². The molecule has 0 radical (unpaired) electrons. The lowest BCUT2D eigenvalue weighted by atomic mass is 10.3. The Labute approximate surface area is 82.0 Å². The SMILES string of the molecule is C[SH](=O)=O.c1ccc2scnc2c1. The predicted octanol–water partition coefficient (Wildman–Crippen LogP) is 1.52. The highest BCUT2D eigenvalue weighted by molar-refractivity contribution is 7.71. The molecule has 0 bridgehead atoms. The highest BCUT2D eigenvalue weighted by Gasteiger charge is 1.89. The summed E-state index contributed by atoms with van der Waals surface area (Å²) in [5.74, 6) is 0. The molecule has 0 saturated carbocycles. The van der Waals surface area contributed by atoms with Crippen LogP contribution in [-0.2, 0) is 10.7 Å². The van der Waals surface area contributed by atoms with Crippen molar-refractivity contribution in [2.24, 2.45) is 0 Å². The van der Waals surface area contributed by atoms with Gasteiger partial charge in [0, 0.05) is 6.26 Å². The van der Waals surface area contributed by atoms with Gasteiger partial charge in [0.2, 0.25) is 0 Å². The van der Waals surface area contributed by atoms with Crippen molar-refractivity contribution in [3.63, 3.8) is 0 Å². The van der Waals surface area contributed by atoms with Gasteiger partial charge in [0.15, 0.2) is 0 Å². The van der Waals surface area contributed by atoms with Gasteiger partial charge in [-0.05, 0) is 12.1 Å². The molecule has 1 heterocycles. The summed E-state index contributed by atoms with van der Waals surface area (Å²) in [6.45, 7) is 0. The summed E-state index contributed by atoms with van der Waals surface area (Å²) in [5.41, 5.74) is 2.97. The van der Waals surface area contributed by atoms with Crippen molar-refractivity contribution in [2.75, 3.05) is 6.26 Å². The Morgan fingerprint density at radius 1 is 1.31 bits per heavy atom. The molecule has 70 valence electrons. The maximum absolute atomic E-state index is 9.04. The van der Waals surface area contributed by atoms with E-state index in [0.29, 0.717) is 0 Å². The second-order valence-corrected chi connectivity index (χ2v) is 4.03. The Morgan fingerprint density at radius 3 is 2.54 bits per heavy atom. The standard InChI is InChI=1S/C7H5NS.CH4O2S/c1-2-4-7-6(3-1)8-5-9-7;1-4(2)3/h1-5H;4H,1H3. The first kappa shape index (κ1) is 10.1. The number of thiazole rings is 1. The smallest absolute Gasteiger partial charge is 0.137 e. The van der Waals surface area contributed by atoms with Gasteiger partial charge in [-0.1, -0.05) is 12.1 Å². The first-order valence-electron chi connectivity index (χ1n) is 3.56. The molecule has 0 unspecified atom stereocenters. The van der Waals surface area contributed by atoms with Gasteiger partial charge in [-0.2, -0.15) is 0 Å². The van der Waals surface area contributed by atoms with Gasteiger partial charge in [-0.3, -0.25) is 0 Å². The number of aromatic nitrogens is 1. The second-order valence-electron chi connectivity index (χ2n) is 2.26. The van der Waals surface area contributed by atoms with Crippen LogP contribution >= 0.6 is 11.3 Å². The number of benzene rings is 1. The largest absolute Gasteiger partial charge is 0.245 e. The van der Waals surface area contributed by atoms with E-state index in [-0.39, 0.29) is 0 Å². The summed E-state index contributed by atoms with van der Waals surface area (Å²) in [7, 11) is -2.12. The molecule has 0 amide bonds. The summed E-state index contributed by atoms with van der Waals surface area (Å²) in [6.07, 6.45) is 1.12. The molecule has 0 aliphatic rings. The Kier molecular flexibility index (Phi) is 3.85. The molecule has 0 fully saturated rings. The van der Waals surface area contributed by atoms with Crippen molar-refractivity contribution in [3.8, 4) is 0 Å². The molecule has 0 aliphatic heterocycles. The van der Waals surface area contributed by atoms with Gasteiger partial charge in [0.1, 0.15) is 10.7 Å². The Hall–Kier alpha value is -0.940. The summed E-state index contributed by atoms with van der Waals surface area (Å²) in [6, 6.07) is 8.13. The van der Waals surface area contributed by atoms with Crippen molar-refractivity contribution in [2.45, 2.75) is 0 Å². The number of rotatable bonds is 0. The third-order valence-corrected chi connectivity index (χ3v) is 2.05. The van der Waals surface area contributed by atoms with Crippen molar-refractivity contribution in [3.05, 3.63) is 29.8 Å². The molecular formula is C8H9NO2S2. The zero-order valence-electron chi connectivity index (χ0n) is 7.01. The van der Waals surface area contributed by atoms with E-state index < -0.39 is 10.7 Å². The van der Waals surface area contributed by atoms with E-state index >= 15 is 0 Å². The molecule has 5 heteroatoms. The number of nitrogens with zero attached hydrogens (tertiary/aromatic N) is 1. The van der Waals surface area contributed by atoms with Gasteiger partial charge in [0.25, 0.3) is 0 Å². The van der Waals surface area contributed by atoms with Crippen LogP contribution in [0.4, 0.5) is 0 Å². The fourth-order valence-corrected chi connectivity index (χ4v) is 1.48. The van der Waals surface area contributed by atoms with E-state index in [9.17, 15) is 0 Å². The molecule has 0 aliphatic carbocycles. The first-order valence-corrected chi connectivity index (χ1v) is 6.07. The van der Waals surface area contributed by atoms with Crippen LogP contribution < -0.4 is 0 Å². The maximum atomic E-state index is 9.04. The van der Waals surface area contributed by atoms with E-state index in [1.54, 1.807) is 11.3 Å². The van der Waals surface area contributed by atoms with E-state index in [2.05, 4.69) is 11.1 Å². The highest BCUT2D eigenvalue weighted by Crippen LogP contribution is 2.15. The maximum Gasteiger partial charge on any atom is 0.137 e. The second kappa shape index (κ2) is 4.94. The molecule has 0 N–H and O–H groups in total.